The zero-order valence-electron chi connectivity index (χ0n) is 17.8. The molecule has 0 aliphatic rings. The molecule has 0 amide bonds. The number of hydrogen-bond acceptors (Lipinski definition) is 1. The van der Waals surface area contributed by atoms with E-state index in [2.05, 4.69) is 57.9 Å². The van der Waals surface area contributed by atoms with Crippen LogP contribution in [0.4, 0.5) is 0 Å². The number of nitrogens with zero attached hydrogens (tertiary/aromatic N) is 1. The third-order valence-electron chi connectivity index (χ3n) is 4.29. The van der Waals surface area contributed by atoms with Gasteiger partial charge in [0.25, 0.3) is 0 Å². The molecule has 0 N–H and O–H groups in total. The van der Waals surface area contributed by atoms with Gasteiger partial charge in [0.1, 0.15) is 0 Å². The van der Waals surface area contributed by atoms with Gasteiger partial charge in [-0.2, -0.15) is 0 Å². The molecule has 1 aromatic rings. The average molecular weight is 352 g/mol. The molecule has 0 fully saturated rings. The molecule has 1 heterocycles. The van der Waals surface area contributed by atoms with E-state index in [4.69, 9.17) is 0 Å². The molecule has 1 rings (SSSR count). The van der Waals surface area contributed by atoms with Gasteiger partial charge in [-0.1, -0.05) is 107 Å². The lowest BCUT2D eigenvalue weighted by atomic mass is 9.92. The second kappa shape index (κ2) is 23.1. The van der Waals surface area contributed by atoms with E-state index < -0.39 is 0 Å². The lowest BCUT2D eigenvalue weighted by Crippen LogP contribution is -1.99. The van der Waals surface area contributed by atoms with E-state index in [0.717, 1.165) is 6.42 Å². The first-order chi connectivity index (χ1) is 11.7. The molecule has 1 atom stereocenters. The molecule has 1 unspecified atom stereocenters. The van der Waals surface area contributed by atoms with Gasteiger partial charge in [0.05, 0.1) is 0 Å². The summed E-state index contributed by atoms with van der Waals surface area (Å²) in [6, 6.07) is 4.43. The third kappa shape index (κ3) is 16.4. The van der Waals surface area contributed by atoms with Gasteiger partial charge < -0.3 is 0 Å². The SMILES string of the molecule is C.CC.CCCCC(CC)c1ccc(CC)nc1.CCCCCCC. The van der Waals surface area contributed by atoms with Crippen molar-refractivity contribution in [1.82, 2.24) is 4.98 Å². The summed E-state index contributed by atoms with van der Waals surface area (Å²) in [5.74, 6) is 0.711. The van der Waals surface area contributed by atoms with Crippen LogP contribution >= 0.6 is 0 Å². The van der Waals surface area contributed by atoms with Crippen molar-refractivity contribution in [3.05, 3.63) is 29.6 Å². The van der Waals surface area contributed by atoms with Crippen molar-refractivity contribution in [2.75, 3.05) is 0 Å². The first kappa shape index (κ1) is 28.9. The van der Waals surface area contributed by atoms with Gasteiger partial charge in [0.15, 0.2) is 0 Å². The van der Waals surface area contributed by atoms with E-state index in [0.29, 0.717) is 5.92 Å². The van der Waals surface area contributed by atoms with Gasteiger partial charge >= 0.3 is 0 Å². The van der Waals surface area contributed by atoms with Crippen molar-refractivity contribution >= 4 is 0 Å². The lowest BCUT2D eigenvalue weighted by molar-refractivity contribution is 0.568. The Kier molecular flexibility index (Phi) is 26.8. The van der Waals surface area contributed by atoms with Crippen LogP contribution in [0.1, 0.15) is 131 Å². The summed E-state index contributed by atoms with van der Waals surface area (Å²) >= 11 is 0. The average Bonchev–Trinajstić information content (AvgIpc) is 2.65. The summed E-state index contributed by atoms with van der Waals surface area (Å²) in [4.78, 5) is 4.47. The van der Waals surface area contributed by atoms with Crippen LogP contribution in [-0.2, 0) is 6.42 Å². The maximum atomic E-state index is 4.47. The highest BCUT2D eigenvalue weighted by Crippen LogP contribution is 2.24. The minimum absolute atomic E-state index is 0. The highest BCUT2D eigenvalue weighted by Gasteiger charge is 2.08. The van der Waals surface area contributed by atoms with Gasteiger partial charge in [0, 0.05) is 11.9 Å². The molecule has 150 valence electrons. The number of aromatic nitrogens is 1. The molecule has 0 aromatic carbocycles. The fourth-order valence-electron chi connectivity index (χ4n) is 2.62. The number of hydrogen-bond donors (Lipinski definition) is 0. The van der Waals surface area contributed by atoms with E-state index in [1.165, 1.54) is 69.0 Å². The smallest absolute Gasteiger partial charge is 0.0401 e. The van der Waals surface area contributed by atoms with Crippen molar-refractivity contribution in [2.24, 2.45) is 0 Å². The van der Waals surface area contributed by atoms with Gasteiger partial charge in [0.2, 0.25) is 0 Å². The molecule has 1 heteroatoms. The minimum atomic E-state index is 0. The molecular formula is C24H49N. The van der Waals surface area contributed by atoms with Crippen molar-refractivity contribution in [2.45, 2.75) is 126 Å². The Hall–Kier alpha value is -0.850. The summed E-state index contributed by atoms with van der Waals surface area (Å²) in [5, 5.41) is 0. The molecular weight excluding hydrogens is 302 g/mol. The van der Waals surface area contributed by atoms with Crippen molar-refractivity contribution < 1.29 is 0 Å². The summed E-state index contributed by atoms with van der Waals surface area (Å²) in [5.41, 5.74) is 2.62. The summed E-state index contributed by atoms with van der Waals surface area (Å²) < 4.78 is 0. The van der Waals surface area contributed by atoms with Crippen molar-refractivity contribution in [3.63, 3.8) is 0 Å². The fraction of sp³-hybridized carbons (Fsp3) is 0.792. The van der Waals surface area contributed by atoms with Gasteiger partial charge in [-0.3, -0.25) is 4.98 Å². The van der Waals surface area contributed by atoms with Crippen molar-refractivity contribution in [1.29, 1.82) is 0 Å². The van der Waals surface area contributed by atoms with Crippen LogP contribution in [0.25, 0.3) is 0 Å². The number of rotatable bonds is 10. The molecule has 0 bridgehead atoms. The lowest BCUT2D eigenvalue weighted by Gasteiger charge is -2.14. The molecule has 0 saturated heterocycles. The zero-order chi connectivity index (χ0) is 18.6. The molecule has 1 aromatic heterocycles. The Labute approximate surface area is 161 Å². The second-order valence-electron chi connectivity index (χ2n) is 6.24. The Morgan fingerprint density at radius 3 is 1.72 bits per heavy atom. The van der Waals surface area contributed by atoms with E-state index in [-0.39, 0.29) is 7.43 Å². The number of unbranched alkanes of at least 4 members (excludes halogenated alkanes) is 5. The van der Waals surface area contributed by atoms with Gasteiger partial charge in [-0.15, -0.1) is 0 Å². The maximum Gasteiger partial charge on any atom is 0.0401 e. The van der Waals surface area contributed by atoms with Crippen LogP contribution in [0, 0.1) is 0 Å². The van der Waals surface area contributed by atoms with Crippen LogP contribution in [0.3, 0.4) is 0 Å². The first-order valence-corrected chi connectivity index (χ1v) is 10.7. The molecule has 0 saturated carbocycles. The predicted octanol–water partition coefficient (Wildman–Crippen LogP) is 8.97. The molecule has 0 aliphatic carbocycles. The topological polar surface area (TPSA) is 12.9 Å². The first-order valence-electron chi connectivity index (χ1n) is 10.7. The summed E-state index contributed by atoms with van der Waals surface area (Å²) in [6.45, 7) is 15.2. The predicted molar refractivity (Wildman–Crippen MR) is 119 cm³/mol. The summed E-state index contributed by atoms with van der Waals surface area (Å²) in [7, 11) is 0. The maximum absolute atomic E-state index is 4.47. The van der Waals surface area contributed by atoms with Crippen molar-refractivity contribution in [3.8, 4) is 0 Å². The number of aryl methyl sites for hydroxylation is 1. The van der Waals surface area contributed by atoms with Crippen LogP contribution < -0.4 is 0 Å². The summed E-state index contributed by atoms with van der Waals surface area (Å²) in [6.07, 6.45) is 15.3. The second-order valence-corrected chi connectivity index (χ2v) is 6.24. The van der Waals surface area contributed by atoms with Crippen LogP contribution in [0.15, 0.2) is 18.3 Å². The zero-order valence-corrected chi connectivity index (χ0v) is 17.8. The largest absolute Gasteiger partial charge is 0.261 e. The monoisotopic (exact) mass is 351 g/mol. The molecule has 0 aliphatic heterocycles. The van der Waals surface area contributed by atoms with E-state index in [1.54, 1.807) is 0 Å². The minimum Gasteiger partial charge on any atom is -0.261 e. The Morgan fingerprint density at radius 2 is 1.36 bits per heavy atom. The normalized spacial score (nSPS) is 10.5. The molecule has 0 spiro atoms. The van der Waals surface area contributed by atoms with Gasteiger partial charge in [-0.25, -0.2) is 0 Å². The van der Waals surface area contributed by atoms with E-state index in [9.17, 15) is 0 Å². The van der Waals surface area contributed by atoms with Crippen LogP contribution in [0.5, 0.6) is 0 Å². The van der Waals surface area contributed by atoms with Crippen LogP contribution in [-0.4, -0.2) is 4.98 Å². The Balaban J connectivity index is -0.000000413. The highest BCUT2D eigenvalue weighted by atomic mass is 14.7. The molecule has 1 nitrogen and oxygen atoms in total. The molecule has 0 radical (unpaired) electrons. The molecule has 25 heavy (non-hydrogen) atoms. The standard InChI is InChI=1S/C14H23N.C7H16.C2H6.CH4/c1-4-7-8-12(5-2)13-9-10-14(6-3)15-11-13;1-3-5-7-6-4-2;1-2;/h9-12H,4-8H2,1-3H3;3-7H2,1-2H3;1-2H3;1H4. The van der Waals surface area contributed by atoms with Gasteiger partial charge in [-0.05, 0) is 36.8 Å². The Bertz CT molecular complexity index is 324. The highest BCUT2D eigenvalue weighted by molar-refractivity contribution is 5.18. The van der Waals surface area contributed by atoms with E-state index >= 15 is 0 Å². The quantitative estimate of drug-likeness (QED) is 0.383. The van der Waals surface area contributed by atoms with E-state index in [1.807, 2.05) is 13.8 Å². The van der Waals surface area contributed by atoms with Crippen LogP contribution in [0.2, 0.25) is 0 Å². The fourth-order valence-corrected chi connectivity index (χ4v) is 2.62. The third-order valence-corrected chi connectivity index (χ3v) is 4.29. The number of pyridine rings is 1. The Morgan fingerprint density at radius 1 is 0.800 bits per heavy atom.